The number of hydrogen-bond acceptors (Lipinski definition) is 2. The standard InChI is InChI=1S/C15H24N2/c1-2-3-4-8-15-13(11-16)10-12-7-5-6-9-14(12)17-15/h5-7,9,13,15,17H,2-4,8,10-11,16H2,1H3. The molecule has 1 aliphatic rings. The number of para-hydroxylation sites is 1. The summed E-state index contributed by atoms with van der Waals surface area (Å²) in [5, 5.41) is 3.68. The van der Waals surface area contributed by atoms with Crippen molar-refractivity contribution < 1.29 is 0 Å². The quantitative estimate of drug-likeness (QED) is 0.765. The molecule has 0 saturated heterocycles. The van der Waals surface area contributed by atoms with E-state index in [1.807, 2.05) is 0 Å². The molecule has 0 radical (unpaired) electrons. The maximum atomic E-state index is 5.92. The minimum atomic E-state index is 0.571. The Morgan fingerprint density at radius 3 is 2.88 bits per heavy atom. The van der Waals surface area contributed by atoms with Gasteiger partial charge >= 0.3 is 0 Å². The highest BCUT2D eigenvalue weighted by molar-refractivity contribution is 5.54. The van der Waals surface area contributed by atoms with E-state index in [1.165, 1.54) is 36.9 Å². The normalized spacial score (nSPS) is 22.9. The van der Waals surface area contributed by atoms with Crippen LogP contribution in [0.25, 0.3) is 0 Å². The van der Waals surface area contributed by atoms with Crippen LogP contribution in [0.4, 0.5) is 5.69 Å². The van der Waals surface area contributed by atoms with E-state index in [9.17, 15) is 0 Å². The first-order valence-electron chi connectivity index (χ1n) is 6.89. The van der Waals surface area contributed by atoms with Crippen LogP contribution < -0.4 is 11.1 Å². The first kappa shape index (κ1) is 12.4. The van der Waals surface area contributed by atoms with Gasteiger partial charge in [-0.3, -0.25) is 0 Å². The second-order valence-corrected chi connectivity index (χ2v) is 5.10. The summed E-state index contributed by atoms with van der Waals surface area (Å²) in [5.74, 6) is 0.599. The molecule has 2 rings (SSSR count). The molecular formula is C15H24N2. The molecule has 0 fully saturated rings. The molecule has 1 aromatic carbocycles. The van der Waals surface area contributed by atoms with Crippen LogP contribution >= 0.6 is 0 Å². The number of hydrogen-bond donors (Lipinski definition) is 2. The summed E-state index contributed by atoms with van der Waals surface area (Å²) in [6, 6.07) is 9.20. The second kappa shape index (κ2) is 6.06. The molecule has 17 heavy (non-hydrogen) atoms. The van der Waals surface area contributed by atoms with E-state index in [-0.39, 0.29) is 0 Å². The predicted octanol–water partition coefficient (Wildman–Crippen LogP) is 3.18. The Kier molecular flexibility index (Phi) is 4.43. The summed E-state index contributed by atoms with van der Waals surface area (Å²) >= 11 is 0. The van der Waals surface area contributed by atoms with Crippen molar-refractivity contribution in [2.45, 2.75) is 45.1 Å². The summed E-state index contributed by atoms with van der Waals surface area (Å²) in [4.78, 5) is 0. The van der Waals surface area contributed by atoms with Gasteiger partial charge < -0.3 is 11.1 Å². The molecule has 1 aliphatic heterocycles. The van der Waals surface area contributed by atoms with E-state index in [0.29, 0.717) is 12.0 Å². The zero-order chi connectivity index (χ0) is 12.1. The number of nitrogens with two attached hydrogens (primary N) is 1. The van der Waals surface area contributed by atoms with E-state index < -0.39 is 0 Å². The van der Waals surface area contributed by atoms with Crippen molar-refractivity contribution in [1.82, 2.24) is 0 Å². The lowest BCUT2D eigenvalue weighted by atomic mass is 9.85. The Hall–Kier alpha value is -1.02. The lowest BCUT2D eigenvalue weighted by Crippen LogP contribution is -2.39. The SMILES string of the molecule is CCCCCC1Nc2ccccc2CC1CN. The molecule has 2 heteroatoms. The Balaban J connectivity index is 2.02. The molecule has 0 spiro atoms. The molecular weight excluding hydrogens is 208 g/mol. The van der Waals surface area contributed by atoms with Gasteiger partial charge in [0.15, 0.2) is 0 Å². The molecule has 2 unspecified atom stereocenters. The second-order valence-electron chi connectivity index (χ2n) is 5.10. The zero-order valence-corrected chi connectivity index (χ0v) is 10.8. The average Bonchev–Trinajstić information content (AvgIpc) is 2.38. The van der Waals surface area contributed by atoms with Crippen LogP contribution in [0.1, 0.15) is 38.2 Å². The molecule has 94 valence electrons. The lowest BCUT2D eigenvalue weighted by molar-refractivity contribution is 0.404. The number of unbranched alkanes of at least 4 members (excludes halogenated alkanes) is 2. The molecule has 0 aliphatic carbocycles. The van der Waals surface area contributed by atoms with E-state index in [2.05, 4.69) is 36.5 Å². The van der Waals surface area contributed by atoms with Crippen LogP contribution in [-0.4, -0.2) is 12.6 Å². The molecule has 0 amide bonds. The molecule has 2 atom stereocenters. The maximum absolute atomic E-state index is 5.92. The Morgan fingerprint density at radius 2 is 2.12 bits per heavy atom. The van der Waals surface area contributed by atoms with E-state index in [4.69, 9.17) is 5.73 Å². The monoisotopic (exact) mass is 232 g/mol. The van der Waals surface area contributed by atoms with Gasteiger partial charge in [0.1, 0.15) is 0 Å². The van der Waals surface area contributed by atoms with Crippen LogP contribution in [0, 0.1) is 5.92 Å². The van der Waals surface area contributed by atoms with E-state index in [0.717, 1.165) is 13.0 Å². The zero-order valence-electron chi connectivity index (χ0n) is 10.8. The highest BCUT2D eigenvalue weighted by atomic mass is 14.9. The van der Waals surface area contributed by atoms with Crippen LogP contribution in [0.5, 0.6) is 0 Å². The maximum Gasteiger partial charge on any atom is 0.0375 e. The minimum absolute atomic E-state index is 0.571. The van der Waals surface area contributed by atoms with Crippen molar-refractivity contribution >= 4 is 5.69 Å². The summed E-state index contributed by atoms with van der Waals surface area (Å²) in [5.41, 5.74) is 8.66. The van der Waals surface area contributed by atoms with Gasteiger partial charge in [0.05, 0.1) is 0 Å². The van der Waals surface area contributed by atoms with Crippen LogP contribution in [0.2, 0.25) is 0 Å². The fourth-order valence-corrected chi connectivity index (χ4v) is 2.75. The molecule has 1 heterocycles. The van der Waals surface area contributed by atoms with Crippen LogP contribution in [0.15, 0.2) is 24.3 Å². The lowest BCUT2D eigenvalue weighted by Gasteiger charge is -2.34. The molecule has 0 bridgehead atoms. The smallest absolute Gasteiger partial charge is 0.0375 e. The van der Waals surface area contributed by atoms with Gasteiger partial charge in [0.2, 0.25) is 0 Å². The van der Waals surface area contributed by atoms with Crippen LogP contribution in [0.3, 0.4) is 0 Å². The summed E-state index contributed by atoms with van der Waals surface area (Å²) in [6.45, 7) is 3.04. The van der Waals surface area contributed by atoms with Crippen molar-refractivity contribution in [2.24, 2.45) is 11.7 Å². The molecule has 3 N–H and O–H groups in total. The number of rotatable bonds is 5. The topological polar surface area (TPSA) is 38.0 Å². The first-order chi connectivity index (χ1) is 8.35. The molecule has 1 aromatic rings. The van der Waals surface area contributed by atoms with Gasteiger partial charge in [-0.25, -0.2) is 0 Å². The number of nitrogens with one attached hydrogen (secondary N) is 1. The first-order valence-corrected chi connectivity index (χ1v) is 6.89. The summed E-state index contributed by atoms with van der Waals surface area (Å²) in [7, 11) is 0. The highest BCUT2D eigenvalue weighted by Gasteiger charge is 2.25. The van der Waals surface area contributed by atoms with Gasteiger partial charge in [-0.1, -0.05) is 44.4 Å². The fraction of sp³-hybridized carbons (Fsp3) is 0.600. The Labute approximate surface area is 105 Å². The molecule has 0 saturated carbocycles. The van der Waals surface area contributed by atoms with E-state index in [1.54, 1.807) is 0 Å². The van der Waals surface area contributed by atoms with Crippen molar-refractivity contribution in [3.63, 3.8) is 0 Å². The van der Waals surface area contributed by atoms with Gasteiger partial charge in [-0.2, -0.15) is 0 Å². The van der Waals surface area contributed by atoms with Gasteiger partial charge in [0.25, 0.3) is 0 Å². The largest absolute Gasteiger partial charge is 0.382 e. The van der Waals surface area contributed by atoms with Crippen molar-refractivity contribution in [1.29, 1.82) is 0 Å². The molecule has 2 nitrogen and oxygen atoms in total. The van der Waals surface area contributed by atoms with Crippen molar-refractivity contribution in [3.05, 3.63) is 29.8 Å². The third-order valence-corrected chi connectivity index (χ3v) is 3.83. The highest BCUT2D eigenvalue weighted by Crippen LogP contribution is 2.29. The van der Waals surface area contributed by atoms with Gasteiger partial charge in [0, 0.05) is 11.7 Å². The number of anilines is 1. The van der Waals surface area contributed by atoms with Crippen molar-refractivity contribution in [3.8, 4) is 0 Å². The fourth-order valence-electron chi connectivity index (χ4n) is 2.75. The van der Waals surface area contributed by atoms with Crippen molar-refractivity contribution in [2.75, 3.05) is 11.9 Å². The Morgan fingerprint density at radius 1 is 1.29 bits per heavy atom. The third-order valence-electron chi connectivity index (χ3n) is 3.83. The molecule has 0 aromatic heterocycles. The van der Waals surface area contributed by atoms with Gasteiger partial charge in [-0.05, 0) is 36.9 Å². The summed E-state index contributed by atoms with van der Waals surface area (Å²) < 4.78 is 0. The van der Waals surface area contributed by atoms with Crippen LogP contribution in [-0.2, 0) is 6.42 Å². The minimum Gasteiger partial charge on any atom is -0.382 e. The van der Waals surface area contributed by atoms with E-state index >= 15 is 0 Å². The van der Waals surface area contributed by atoms with Gasteiger partial charge in [-0.15, -0.1) is 0 Å². The summed E-state index contributed by atoms with van der Waals surface area (Å²) in [6.07, 6.45) is 6.32. The average molecular weight is 232 g/mol. The predicted molar refractivity (Wildman–Crippen MR) is 74.2 cm³/mol. The number of fused-ring (bicyclic) bond motifs is 1. The number of benzene rings is 1. The third kappa shape index (κ3) is 3.01. The Bertz CT molecular complexity index is 349.